The molecule has 0 N–H and O–H groups in total. The zero-order valence-electron chi connectivity index (χ0n) is 9.95. The Morgan fingerprint density at radius 1 is 0.800 bits per heavy atom. The molecule has 20 heavy (non-hydrogen) atoms. The molecule has 6 atom stereocenters. The predicted octanol–water partition coefficient (Wildman–Crippen LogP) is 6.78. The molecule has 2 bridgehead atoms. The van der Waals surface area contributed by atoms with Gasteiger partial charge in [0, 0.05) is 9.65 Å². The zero-order chi connectivity index (χ0) is 15.1. The van der Waals surface area contributed by atoms with Gasteiger partial charge < -0.3 is 0 Å². The second-order valence-corrected chi connectivity index (χ2v) is 11.3. The van der Waals surface area contributed by atoms with Crippen molar-refractivity contribution >= 4 is 101 Å². The van der Waals surface area contributed by atoms with E-state index in [9.17, 15) is 0 Å². The van der Waals surface area contributed by atoms with E-state index in [0.717, 1.165) is 19.3 Å². The molecule has 0 aromatic heterocycles. The van der Waals surface area contributed by atoms with Gasteiger partial charge in [-0.15, -0.1) is 23.2 Å². The highest BCUT2D eigenvalue weighted by atomic mass is 79.9. The van der Waals surface area contributed by atoms with Crippen molar-refractivity contribution in [3.8, 4) is 0 Å². The molecular formula is C12H10Br2Cl6. The van der Waals surface area contributed by atoms with Crippen LogP contribution in [0.2, 0.25) is 0 Å². The maximum absolute atomic E-state index is 6.82. The molecule has 2 fully saturated rings. The van der Waals surface area contributed by atoms with E-state index in [2.05, 4.69) is 31.9 Å². The second kappa shape index (κ2) is 5.22. The number of hydrogen-bond acceptors (Lipinski definition) is 0. The molecule has 0 amide bonds. The molecule has 0 heterocycles. The summed E-state index contributed by atoms with van der Waals surface area (Å²) in [6.45, 7) is 0. The highest BCUT2D eigenvalue weighted by Gasteiger charge is 2.81. The first-order chi connectivity index (χ1) is 9.10. The summed E-state index contributed by atoms with van der Waals surface area (Å²) < 4.78 is -1.40. The maximum atomic E-state index is 6.82. The van der Waals surface area contributed by atoms with Gasteiger partial charge in [-0.25, -0.2) is 0 Å². The summed E-state index contributed by atoms with van der Waals surface area (Å²) in [6, 6.07) is 0. The third-order valence-corrected chi connectivity index (χ3v) is 12.0. The van der Waals surface area contributed by atoms with Crippen molar-refractivity contribution in [1.82, 2.24) is 0 Å². The summed E-state index contributed by atoms with van der Waals surface area (Å²) in [5, 5.41) is 0.607. The smallest absolute Gasteiger partial charge is 0.109 e. The van der Waals surface area contributed by atoms with E-state index in [4.69, 9.17) is 69.6 Å². The molecule has 114 valence electrons. The molecule has 0 spiro atoms. The summed E-state index contributed by atoms with van der Waals surface area (Å²) in [4.78, 5) is -1.61. The van der Waals surface area contributed by atoms with Crippen LogP contribution in [0.5, 0.6) is 0 Å². The Hall–Kier alpha value is 2.44. The Kier molecular flexibility index (Phi) is 4.50. The van der Waals surface area contributed by atoms with Crippen LogP contribution in [0.4, 0.5) is 0 Å². The number of halogens is 8. The Balaban J connectivity index is 2.16. The van der Waals surface area contributed by atoms with Gasteiger partial charge in [-0.05, 0) is 31.1 Å². The van der Waals surface area contributed by atoms with Crippen LogP contribution >= 0.6 is 101 Å². The number of hydrogen-bond donors (Lipinski definition) is 0. The Morgan fingerprint density at radius 3 is 1.85 bits per heavy atom. The SMILES string of the molecule is ClC1=C(Cl)C2(Cl)C3CC(Br)C(Br)CCC3C1(Cl)C2(Cl)Cl. The van der Waals surface area contributed by atoms with Crippen molar-refractivity contribution in [2.75, 3.05) is 0 Å². The molecule has 8 heteroatoms. The first kappa shape index (κ1) is 17.3. The van der Waals surface area contributed by atoms with Crippen LogP contribution in [0, 0.1) is 11.8 Å². The van der Waals surface area contributed by atoms with Crippen molar-refractivity contribution in [1.29, 1.82) is 0 Å². The Labute approximate surface area is 165 Å². The Bertz CT molecular complexity index is 494. The lowest BCUT2D eigenvalue weighted by Gasteiger charge is -2.36. The van der Waals surface area contributed by atoms with Gasteiger partial charge in [0.1, 0.15) is 9.75 Å². The van der Waals surface area contributed by atoms with Crippen LogP contribution in [-0.4, -0.2) is 23.7 Å². The molecule has 0 nitrogen and oxygen atoms in total. The van der Waals surface area contributed by atoms with Crippen LogP contribution < -0.4 is 0 Å². The summed E-state index contributed by atoms with van der Waals surface area (Å²) in [5.74, 6) is -0.00661. The van der Waals surface area contributed by atoms with Gasteiger partial charge in [0.25, 0.3) is 0 Å². The minimum atomic E-state index is -1.40. The van der Waals surface area contributed by atoms with Crippen LogP contribution in [0.25, 0.3) is 0 Å². The summed E-state index contributed by atoms with van der Waals surface area (Å²) in [6.07, 6.45) is 2.59. The average molecular weight is 527 g/mol. The van der Waals surface area contributed by atoms with Crippen molar-refractivity contribution in [3.63, 3.8) is 0 Å². The van der Waals surface area contributed by atoms with Gasteiger partial charge in [-0.2, -0.15) is 0 Å². The normalized spacial score (nSPS) is 54.0. The largest absolute Gasteiger partial charge is 0.166 e. The second-order valence-electron chi connectivity index (χ2n) is 5.68. The molecular weight excluding hydrogens is 517 g/mol. The highest BCUT2D eigenvalue weighted by Crippen LogP contribution is 2.78. The van der Waals surface area contributed by atoms with Crippen LogP contribution in [-0.2, 0) is 0 Å². The molecule has 6 unspecified atom stereocenters. The fourth-order valence-corrected chi connectivity index (χ4v) is 8.12. The summed E-state index contributed by atoms with van der Waals surface area (Å²) in [7, 11) is 0. The fraction of sp³-hybridized carbons (Fsp3) is 0.833. The predicted molar refractivity (Wildman–Crippen MR) is 96.6 cm³/mol. The van der Waals surface area contributed by atoms with Crippen LogP contribution in [0.15, 0.2) is 10.1 Å². The monoisotopic (exact) mass is 522 g/mol. The standard InChI is InChI=1S/C12H10Br2Cl6/c13-6-2-1-4-5(3-7(6)14)11(18)9(16)8(15)10(4,17)12(11,19)20/h4-7H,1-3H2. The van der Waals surface area contributed by atoms with E-state index in [-0.39, 0.29) is 16.7 Å². The fourth-order valence-electron chi connectivity index (χ4n) is 3.84. The van der Waals surface area contributed by atoms with E-state index in [1.54, 1.807) is 0 Å². The molecule has 0 aliphatic heterocycles. The quantitative estimate of drug-likeness (QED) is 0.306. The van der Waals surface area contributed by atoms with Crippen molar-refractivity contribution in [3.05, 3.63) is 10.1 Å². The lowest BCUT2D eigenvalue weighted by atomic mass is 9.79. The molecule has 0 saturated heterocycles. The average Bonchev–Trinajstić information content (AvgIpc) is 2.55. The zero-order valence-corrected chi connectivity index (χ0v) is 17.7. The lowest BCUT2D eigenvalue weighted by molar-refractivity contribution is 0.310. The van der Waals surface area contributed by atoms with Gasteiger partial charge >= 0.3 is 0 Å². The van der Waals surface area contributed by atoms with Crippen molar-refractivity contribution in [2.24, 2.45) is 11.8 Å². The number of alkyl halides is 6. The summed E-state index contributed by atoms with van der Waals surface area (Å²) in [5.41, 5.74) is 0. The Morgan fingerprint density at radius 2 is 1.30 bits per heavy atom. The molecule has 3 aliphatic rings. The highest BCUT2D eigenvalue weighted by molar-refractivity contribution is 9.12. The van der Waals surface area contributed by atoms with Gasteiger partial charge in [-0.1, -0.05) is 78.3 Å². The van der Waals surface area contributed by atoms with Crippen molar-refractivity contribution in [2.45, 2.75) is 43.0 Å². The molecule has 0 aromatic rings. The third kappa shape index (κ3) is 1.80. The first-order valence-corrected chi connectivity index (χ1v) is 10.3. The number of allylic oxidation sites excluding steroid dienone is 2. The number of rotatable bonds is 0. The van der Waals surface area contributed by atoms with E-state index < -0.39 is 14.1 Å². The summed E-state index contributed by atoms with van der Waals surface area (Å²) >= 11 is 46.9. The third-order valence-electron chi connectivity index (χ3n) is 4.88. The number of fused-ring (bicyclic) bond motifs is 5. The van der Waals surface area contributed by atoms with Crippen LogP contribution in [0.1, 0.15) is 19.3 Å². The van der Waals surface area contributed by atoms with Gasteiger partial charge in [0.15, 0.2) is 4.33 Å². The van der Waals surface area contributed by atoms with Gasteiger partial charge in [-0.3, -0.25) is 0 Å². The molecule has 3 rings (SSSR count). The minimum Gasteiger partial charge on any atom is -0.109 e. The molecule has 3 aliphatic carbocycles. The minimum absolute atomic E-state index is 0.00858. The van der Waals surface area contributed by atoms with E-state index >= 15 is 0 Å². The van der Waals surface area contributed by atoms with Gasteiger partial charge in [0.05, 0.1) is 10.1 Å². The maximum Gasteiger partial charge on any atom is 0.166 e. The van der Waals surface area contributed by atoms with E-state index in [0.29, 0.717) is 14.9 Å². The van der Waals surface area contributed by atoms with E-state index in [1.165, 1.54) is 0 Å². The van der Waals surface area contributed by atoms with E-state index in [1.807, 2.05) is 0 Å². The molecule has 2 saturated carbocycles. The molecule has 0 radical (unpaired) electrons. The lowest BCUT2D eigenvalue weighted by Crippen LogP contribution is -2.45. The topological polar surface area (TPSA) is 0 Å². The van der Waals surface area contributed by atoms with Gasteiger partial charge in [0.2, 0.25) is 0 Å². The van der Waals surface area contributed by atoms with Crippen LogP contribution in [0.3, 0.4) is 0 Å². The molecule has 0 aromatic carbocycles. The van der Waals surface area contributed by atoms with Crippen molar-refractivity contribution < 1.29 is 0 Å². The first-order valence-electron chi connectivity index (χ1n) is 6.20.